The second kappa shape index (κ2) is 6.89. The summed E-state index contributed by atoms with van der Waals surface area (Å²) in [5.74, 6) is -0.452. The normalized spacial score (nSPS) is 18.7. The number of nitrogens with two attached hydrogens (primary N) is 1. The highest BCUT2D eigenvalue weighted by Gasteiger charge is 2.16. The van der Waals surface area contributed by atoms with Crippen molar-refractivity contribution in [2.24, 2.45) is 5.73 Å². The van der Waals surface area contributed by atoms with Crippen molar-refractivity contribution in [3.05, 3.63) is 53.7 Å². The van der Waals surface area contributed by atoms with E-state index in [1.54, 1.807) is 18.3 Å². The van der Waals surface area contributed by atoms with Crippen LogP contribution in [0.1, 0.15) is 22.8 Å². The summed E-state index contributed by atoms with van der Waals surface area (Å²) in [5, 5.41) is 3.45. The van der Waals surface area contributed by atoms with Crippen LogP contribution < -0.4 is 11.1 Å². The van der Waals surface area contributed by atoms with E-state index >= 15 is 0 Å². The minimum atomic E-state index is -0.452. The molecule has 5 heteroatoms. The van der Waals surface area contributed by atoms with Gasteiger partial charge in [0.25, 0.3) is 5.91 Å². The highest BCUT2D eigenvalue weighted by molar-refractivity contribution is 5.98. The molecular weight excluding hydrogens is 288 g/mol. The van der Waals surface area contributed by atoms with Gasteiger partial charge < -0.3 is 11.1 Å². The maximum Gasteiger partial charge on any atom is 0.250 e. The molecule has 1 saturated heterocycles. The van der Waals surface area contributed by atoms with E-state index in [-0.39, 0.29) is 0 Å². The Hall–Kier alpha value is -2.24. The summed E-state index contributed by atoms with van der Waals surface area (Å²) >= 11 is 0. The molecule has 0 aliphatic carbocycles. The number of hydrogen-bond acceptors (Lipinski definition) is 4. The number of benzene rings is 1. The predicted octanol–water partition coefficient (Wildman–Crippen LogP) is 1.64. The third kappa shape index (κ3) is 3.75. The van der Waals surface area contributed by atoms with E-state index in [0.29, 0.717) is 17.3 Å². The van der Waals surface area contributed by atoms with Gasteiger partial charge in [0.1, 0.15) is 0 Å². The number of rotatable bonds is 4. The number of carbonyl (C=O) groups excluding carboxylic acids is 1. The van der Waals surface area contributed by atoms with Gasteiger partial charge in [-0.1, -0.05) is 24.3 Å². The van der Waals surface area contributed by atoms with Crippen molar-refractivity contribution in [2.75, 3.05) is 19.6 Å². The van der Waals surface area contributed by atoms with Gasteiger partial charge in [0, 0.05) is 44.0 Å². The Morgan fingerprint density at radius 3 is 2.83 bits per heavy atom. The summed E-state index contributed by atoms with van der Waals surface area (Å²) in [6.07, 6.45) is 1.68. The molecule has 1 aliphatic heterocycles. The minimum Gasteiger partial charge on any atom is -0.366 e. The first-order chi connectivity index (χ1) is 11.1. The van der Waals surface area contributed by atoms with Crippen molar-refractivity contribution in [3.63, 3.8) is 0 Å². The van der Waals surface area contributed by atoms with Crippen LogP contribution >= 0.6 is 0 Å². The lowest BCUT2D eigenvalue weighted by molar-refractivity contribution is 0.100. The van der Waals surface area contributed by atoms with E-state index in [2.05, 4.69) is 34.3 Å². The molecule has 2 aromatic rings. The number of hydrogen-bond donors (Lipinski definition) is 2. The topological polar surface area (TPSA) is 71.2 Å². The van der Waals surface area contributed by atoms with Crippen LogP contribution in [0, 0.1) is 0 Å². The lowest BCUT2D eigenvalue weighted by Crippen LogP contribution is -2.48. The van der Waals surface area contributed by atoms with Crippen LogP contribution in [0.3, 0.4) is 0 Å². The molecule has 0 unspecified atom stereocenters. The number of carbonyl (C=O) groups is 1. The van der Waals surface area contributed by atoms with Gasteiger partial charge in [-0.2, -0.15) is 0 Å². The SMILES string of the molecule is C[C@@H]1CN(Cc2ccc(-c3ncccc3C(N)=O)cc2)CCN1. The molecule has 0 spiro atoms. The highest BCUT2D eigenvalue weighted by Crippen LogP contribution is 2.22. The van der Waals surface area contributed by atoms with Crippen molar-refractivity contribution >= 4 is 5.91 Å². The third-order valence-corrected chi connectivity index (χ3v) is 4.16. The molecular formula is C18H22N4O. The standard InChI is InChI=1S/C18H22N4O/c1-13-11-22(10-9-20-13)12-14-4-6-15(7-5-14)17-16(18(19)23)3-2-8-21-17/h2-8,13,20H,9-12H2,1H3,(H2,19,23)/t13-/m1/s1. The molecule has 5 nitrogen and oxygen atoms in total. The molecule has 1 aliphatic rings. The van der Waals surface area contributed by atoms with Gasteiger partial charge in [0.05, 0.1) is 11.3 Å². The van der Waals surface area contributed by atoms with Crippen LogP contribution in [0.25, 0.3) is 11.3 Å². The van der Waals surface area contributed by atoms with Crippen LogP contribution in [0.4, 0.5) is 0 Å². The van der Waals surface area contributed by atoms with E-state index in [9.17, 15) is 4.79 Å². The molecule has 120 valence electrons. The fourth-order valence-corrected chi connectivity index (χ4v) is 3.02. The zero-order valence-corrected chi connectivity index (χ0v) is 13.3. The number of nitrogens with zero attached hydrogens (tertiary/aromatic N) is 2. The molecule has 0 radical (unpaired) electrons. The summed E-state index contributed by atoms with van der Waals surface area (Å²) in [5.41, 5.74) is 8.70. The Labute approximate surface area is 136 Å². The Morgan fingerprint density at radius 2 is 2.13 bits per heavy atom. The number of nitrogens with one attached hydrogen (secondary N) is 1. The van der Waals surface area contributed by atoms with Crippen LogP contribution in [-0.4, -0.2) is 41.5 Å². The third-order valence-electron chi connectivity index (χ3n) is 4.16. The van der Waals surface area contributed by atoms with Crippen LogP contribution in [0.15, 0.2) is 42.6 Å². The van der Waals surface area contributed by atoms with Gasteiger partial charge >= 0.3 is 0 Å². The maximum atomic E-state index is 11.5. The van der Waals surface area contributed by atoms with E-state index < -0.39 is 5.91 Å². The first-order valence-corrected chi connectivity index (χ1v) is 7.93. The van der Waals surface area contributed by atoms with Gasteiger partial charge in [-0.3, -0.25) is 14.7 Å². The number of pyridine rings is 1. The zero-order valence-electron chi connectivity index (χ0n) is 13.3. The summed E-state index contributed by atoms with van der Waals surface area (Å²) < 4.78 is 0. The fraction of sp³-hybridized carbons (Fsp3) is 0.333. The monoisotopic (exact) mass is 310 g/mol. The number of amides is 1. The molecule has 23 heavy (non-hydrogen) atoms. The maximum absolute atomic E-state index is 11.5. The van der Waals surface area contributed by atoms with Crippen molar-refractivity contribution in [3.8, 4) is 11.3 Å². The number of piperazine rings is 1. The summed E-state index contributed by atoms with van der Waals surface area (Å²) in [7, 11) is 0. The lowest BCUT2D eigenvalue weighted by Gasteiger charge is -2.31. The number of aromatic nitrogens is 1. The molecule has 1 amide bonds. The van der Waals surface area contributed by atoms with E-state index in [4.69, 9.17) is 5.73 Å². The van der Waals surface area contributed by atoms with Crippen LogP contribution in [-0.2, 0) is 6.54 Å². The molecule has 0 saturated carbocycles. The second-order valence-electron chi connectivity index (χ2n) is 6.05. The van der Waals surface area contributed by atoms with Gasteiger partial charge in [-0.15, -0.1) is 0 Å². The smallest absolute Gasteiger partial charge is 0.250 e. The molecule has 0 bridgehead atoms. The Morgan fingerprint density at radius 1 is 1.35 bits per heavy atom. The van der Waals surface area contributed by atoms with E-state index in [1.165, 1.54) is 5.56 Å². The average Bonchev–Trinajstić information content (AvgIpc) is 2.55. The lowest BCUT2D eigenvalue weighted by atomic mass is 10.0. The van der Waals surface area contributed by atoms with E-state index in [0.717, 1.165) is 31.7 Å². The first-order valence-electron chi connectivity index (χ1n) is 7.93. The average molecular weight is 310 g/mol. The van der Waals surface area contributed by atoms with Gasteiger partial charge in [0.2, 0.25) is 0 Å². The fourth-order valence-electron chi connectivity index (χ4n) is 3.02. The molecule has 1 atom stereocenters. The zero-order chi connectivity index (χ0) is 16.2. The Balaban J connectivity index is 1.76. The predicted molar refractivity (Wildman–Crippen MR) is 90.9 cm³/mol. The number of primary amides is 1. The summed E-state index contributed by atoms with van der Waals surface area (Å²) in [6.45, 7) is 6.32. The van der Waals surface area contributed by atoms with Crippen LogP contribution in [0.2, 0.25) is 0 Å². The molecule has 1 aromatic carbocycles. The van der Waals surface area contributed by atoms with Gasteiger partial charge in [0.15, 0.2) is 0 Å². The molecule has 2 heterocycles. The van der Waals surface area contributed by atoms with Crippen molar-refractivity contribution in [2.45, 2.75) is 19.5 Å². The van der Waals surface area contributed by atoms with Crippen molar-refractivity contribution < 1.29 is 4.79 Å². The highest BCUT2D eigenvalue weighted by atomic mass is 16.1. The second-order valence-corrected chi connectivity index (χ2v) is 6.05. The van der Waals surface area contributed by atoms with Gasteiger partial charge in [-0.05, 0) is 24.6 Å². The summed E-state index contributed by atoms with van der Waals surface area (Å²) in [4.78, 5) is 18.3. The Kier molecular flexibility index (Phi) is 4.69. The molecule has 1 aromatic heterocycles. The first kappa shape index (κ1) is 15.6. The molecule has 3 N–H and O–H groups in total. The van der Waals surface area contributed by atoms with Crippen molar-refractivity contribution in [1.82, 2.24) is 15.2 Å². The van der Waals surface area contributed by atoms with Crippen LogP contribution in [0.5, 0.6) is 0 Å². The largest absolute Gasteiger partial charge is 0.366 e. The molecule has 1 fully saturated rings. The minimum absolute atomic E-state index is 0.452. The quantitative estimate of drug-likeness (QED) is 0.900. The molecule has 3 rings (SSSR count). The summed E-state index contributed by atoms with van der Waals surface area (Å²) in [6, 6.07) is 12.2. The van der Waals surface area contributed by atoms with Gasteiger partial charge in [-0.25, -0.2) is 0 Å². The van der Waals surface area contributed by atoms with E-state index in [1.807, 2.05) is 12.1 Å². The van der Waals surface area contributed by atoms with Crippen molar-refractivity contribution in [1.29, 1.82) is 0 Å². The Bertz CT molecular complexity index is 684.